The van der Waals surface area contributed by atoms with Crippen LogP contribution >= 0.6 is 22.6 Å². The molecule has 0 bridgehead atoms. The third kappa shape index (κ3) is 4.70. The zero-order valence-corrected chi connectivity index (χ0v) is 12.8. The second kappa shape index (κ2) is 6.74. The number of carboxylic acid groups (broad SMARTS) is 1. The molecule has 0 aliphatic heterocycles. The van der Waals surface area contributed by atoms with E-state index in [0.29, 0.717) is 9.13 Å². The number of aromatic hydroxyl groups is 1. The van der Waals surface area contributed by atoms with Crippen LogP contribution in [0.25, 0.3) is 0 Å². The maximum Gasteiger partial charge on any atom is 0.305 e. The SMILES string of the molecule is CC(C)C(CC(=O)O)NC(=O)c1ccc(I)c(O)c1. The number of rotatable bonds is 5. The van der Waals surface area contributed by atoms with Gasteiger partial charge < -0.3 is 15.5 Å². The molecule has 0 heterocycles. The van der Waals surface area contributed by atoms with Crippen LogP contribution in [0.1, 0.15) is 30.6 Å². The summed E-state index contributed by atoms with van der Waals surface area (Å²) in [6.45, 7) is 3.69. The molecule has 0 aromatic heterocycles. The van der Waals surface area contributed by atoms with Crippen LogP contribution in [-0.2, 0) is 4.79 Å². The van der Waals surface area contributed by atoms with Gasteiger partial charge in [-0.15, -0.1) is 0 Å². The highest BCUT2D eigenvalue weighted by molar-refractivity contribution is 14.1. The summed E-state index contributed by atoms with van der Waals surface area (Å²) < 4.78 is 0.653. The largest absolute Gasteiger partial charge is 0.507 e. The number of hydrogen-bond donors (Lipinski definition) is 3. The summed E-state index contributed by atoms with van der Waals surface area (Å²) in [6.07, 6.45) is -0.125. The van der Waals surface area contributed by atoms with Gasteiger partial charge in [-0.1, -0.05) is 13.8 Å². The maximum absolute atomic E-state index is 12.0. The van der Waals surface area contributed by atoms with Gasteiger partial charge in [0.15, 0.2) is 0 Å². The molecule has 1 aromatic rings. The summed E-state index contributed by atoms with van der Waals surface area (Å²) in [5.74, 6) is -1.29. The zero-order valence-electron chi connectivity index (χ0n) is 10.7. The van der Waals surface area contributed by atoms with E-state index in [1.807, 2.05) is 36.4 Å². The Balaban J connectivity index is 2.81. The lowest BCUT2D eigenvalue weighted by Crippen LogP contribution is -2.40. The van der Waals surface area contributed by atoms with Crippen LogP contribution in [0.5, 0.6) is 5.75 Å². The number of carboxylic acids is 1. The van der Waals surface area contributed by atoms with Crippen LogP contribution in [0.15, 0.2) is 18.2 Å². The lowest BCUT2D eigenvalue weighted by Gasteiger charge is -2.20. The minimum Gasteiger partial charge on any atom is -0.507 e. The van der Waals surface area contributed by atoms with Crippen molar-refractivity contribution in [3.8, 4) is 5.75 Å². The second-order valence-corrected chi connectivity index (χ2v) is 5.75. The van der Waals surface area contributed by atoms with Crippen molar-refractivity contribution in [2.45, 2.75) is 26.3 Å². The average molecular weight is 377 g/mol. The lowest BCUT2D eigenvalue weighted by atomic mass is 10.0. The van der Waals surface area contributed by atoms with Gasteiger partial charge in [0.05, 0.1) is 9.99 Å². The number of phenolic OH excluding ortho intramolecular Hbond substituents is 1. The van der Waals surface area contributed by atoms with Crippen molar-refractivity contribution in [1.82, 2.24) is 5.32 Å². The van der Waals surface area contributed by atoms with Crippen molar-refractivity contribution < 1.29 is 19.8 Å². The summed E-state index contributed by atoms with van der Waals surface area (Å²) in [4.78, 5) is 22.7. The van der Waals surface area contributed by atoms with Gasteiger partial charge in [-0.3, -0.25) is 9.59 Å². The highest BCUT2D eigenvalue weighted by atomic mass is 127. The van der Waals surface area contributed by atoms with Crippen molar-refractivity contribution in [2.24, 2.45) is 5.92 Å². The van der Waals surface area contributed by atoms with E-state index < -0.39 is 12.0 Å². The molecule has 0 spiro atoms. The fourth-order valence-electron chi connectivity index (χ4n) is 1.55. The number of carbonyl (C=O) groups is 2. The topological polar surface area (TPSA) is 86.6 Å². The molecular weight excluding hydrogens is 361 g/mol. The van der Waals surface area contributed by atoms with E-state index in [-0.39, 0.29) is 24.0 Å². The van der Waals surface area contributed by atoms with E-state index >= 15 is 0 Å². The summed E-state index contributed by atoms with van der Waals surface area (Å²) >= 11 is 1.96. The Morgan fingerprint density at radius 3 is 2.47 bits per heavy atom. The molecule has 1 rings (SSSR count). The van der Waals surface area contributed by atoms with Crippen molar-refractivity contribution in [2.75, 3.05) is 0 Å². The second-order valence-electron chi connectivity index (χ2n) is 4.59. The molecule has 6 heteroatoms. The Bertz CT molecular complexity index is 488. The van der Waals surface area contributed by atoms with E-state index in [4.69, 9.17) is 5.11 Å². The zero-order chi connectivity index (χ0) is 14.6. The monoisotopic (exact) mass is 377 g/mol. The first-order valence-corrected chi connectivity index (χ1v) is 6.90. The van der Waals surface area contributed by atoms with Crippen LogP contribution in [0, 0.1) is 9.49 Å². The Hall–Kier alpha value is -1.31. The molecule has 3 N–H and O–H groups in total. The minimum absolute atomic E-state index is 0.0116. The summed E-state index contributed by atoms with van der Waals surface area (Å²) in [5.41, 5.74) is 0.314. The Labute approximate surface area is 125 Å². The minimum atomic E-state index is -0.954. The van der Waals surface area contributed by atoms with Gasteiger partial charge in [0, 0.05) is 11.6 Å². The fourth-order valence-corrected chi connectivity index (χ4v) is 1.88. The number of aliphatic carboxylic acids is 1. The van der Waals surface area contributed by atoms with Gasteiger partial charge in [0.1, 0.15) is 5.75 Å². The average Bonchev–Trinajstić information content (AvgIpc) is 2.31. The molecule has 0 radical (unpaired) electrons. The molecule has 0 fully saturated rings. The molecule has 0 aliphatic rings. The molecule has 5 nitrogen and oxygen atoms in total. The predicted molar refractivity (Wildman–Crippen MR) is 79.2 cm³/mol. The van der Waals surface area contributed by atoms with Gasteiger partial charge >= 0.3 is 5.97 Å². The molecule has 1 atom stereocenters. The summed E-state index contributed by atoms with van der Waals surface area (Å²) in [6, 6.07) is 4.16. The molecule has 0 aliphatic carbocycles. The van der Waals surface area contributed by atoms with Crippen molar-refractivity contribution in [3.05, 3.63) is 27.3 Å². The standard InChI is InChI=1S/C13H16INO4/c1-7(2)10(6-12(17)18)15-13(19)8-3-4-9(14)11(16)5-8/h3-5,7,10,16H,6H2,1-2H3,(H,15,19)(H,17,18). The van der Waals surface area contributed by atoms with Crippen molar-refractivity contribution in [1.29, 1.82) is 0 Å². The molecule has 1 amide bonds. The van der Waals surface area contributed by atoms with Crippen LogP contribution in [0.4, 0.5) is 0 Å². The lowest BCUT2D eigenvalue weighted by molar-refractivity contribution is -0.137. The molecule has 0 saturated carbocycles. The number of benzene rings is 1. The van der Waals surface area contributed by atoms with Crippen LogP contribution < -0.4 is 5.32 Å². The van der Waals surface area contributed by atoms with E-state index in [1.165, 1.54) is 6.07 Å². The van der Waals surface area contributed by atoms with E-state index in [1.54, 1.807) is 12.1 Å². The van der Waals surface area contributed by atoms with Crippen LogP contribution in [-0.4, -0.2) is 28.1 Å². The van der Waals surface area contributed by atoms with Crippen LogP contribution in [0.2, 0.25) is 0 Å². The Morgan fingerprint density at radius 2 is 2.00 bits per heavy atom. The van der Waals surface area contributed by atoms with Crippen molar-refractivity contribution in [3.63, 3.8) is 0 Å². The number of halogens is 1. The quantitative estimate of drug-likeness (QED) is 0.687. The molecule has 19 heavy (non-hydrogen) atoms. The molecule has 1 aromatic carbocycles. The van der Waals surface area contributed by atoms with Gasteiger partial charge in [0.2, 0.25) is 0 Å². The van der Waals surface area contributed by atoms with E-state index in [2.05, 4.69) is 5.32 Å². The Morgan fingerprint density at radius 1 is 1.37 bits per heavy atom. The predicted octanol–water partition coefficient (Wildman–Crippen LogP) is 2.23. The van der Waals surface area contributed by atoms with Gasteiger partial charge in [0.25, 0.3) is 5.91 Å². The van der Waals surface area contributed by atoms with E-state index in [0.717, 1.165) is 0 Å². The normalized spacial score (nSPS) is 12.2. The maximum atomic E-state index is 12.0. The summed E-state index contributed by atoms with van der Waals surface area (Å²) in [7, 11) is 0. The number of phenols is 1. The first kappa shape index (κ1) is 15.7. The highest BCUT2D eigenvalue weighted by Crippen LogP contribution is 2.20. The van der Waals surface area contributed by atoms with Gasteiger partial charge in [-0.25, -0.2) is 0 Å². The molecule has 104 valence electrons. The smallest absolute Gasteiger partial charge is 0.305 e. The van der Waals surface area contributed by atoms with Crippen molar-refractivity contribution >= 4 is 34.5 Å². The molecule has 0 saturated heterocycles. The van der Waals surface area contributed by atoms with Gasteiger partial charge in [-0.2, -0.15) is 0 Å². The number of carbonyl (C=O) groups excluding carboxylic acids is 1. The third-order valence-corrected chi connectivity index (χ3v) is 3.64. The van der Waals surface area contributed by atoms with E-state index in [9.17, 15) is 14.7 Å². The summed E-state index contributed by atoms with van der Waals surface area (Å²) in [5, 5.41) is 21.0. The number of nitrogens with one attached hydrogen (secondary N) is 1. The third-order valence-electron chi connectivity index (χ3n) is 2.72. The first-order valence-electron chi connectivity index (χ1n) is 5.82. The first-order chi connectivity index (χ1) is 8.81. The highest BCUT2D eigenvalue weighted by Gasteiger charge is 2.20. The van der Waals surface area contributed by atoms with Gasteiger partial charge in [-0.05, 0) is 46.7 Å². The van der Waals surface area contributed by atoms with Crippen LogP contribution in [0.3, 0.4) is 0 Å². The fraction of sp³-hybridized carbons (Fsp3) is 0.385. The number of hydrogen-bond acceptors (Lipinski definition) is 3. The molecule has 1 unspecified atom stereocenters. The molecular formula is C13H16INO4. The number of amides is 1. The Kier molecular flexibility index (Phi) is 5.59.